The van der Waals surface area contributed by atoms with Crippen molar-refractivity contribution in [3.63, 3.8) is 0 Å². The second-order valence-corrected chi connectivity index (χ2v) is 5.37. The molecule has 1 amide bonds. The monoisotopic (exact) mass is 278 g/mol. The minimum Gasteiger partial charge on any atom is -0.507 e. The van der Waals surface area contributed by atoms with Crippen molar-refractivity contribution in [1.29, 1.82) is 0 Å². The van der Waals surface area contributed by atoms with E-state index in [1.54, 1.807) is 24.1 Å². The molecule has 0 bridgehead atoms. The summed E-state index contributed by atoms with van der Waals surface area (Å²) in [6, 6.07) is 5.12. The van der Waals surface area contributed by atoms with E-state index in [2.05, 4.69) is 0 Å². The van der Waals surface area contributed by atoms with Crippen LogP contribution in [0.1, 0.15) is 36.0 Å². The van der Waals surface area contributed by atoms with Crippen LogP contribution in [0.5, 0.6) is 11.5 Å². The third-order valence-electron chi connectivity index (χ3n) is 4.04. The number of benzene rings is 1. The molecular formula is C15H22N2O3. The van der Waals surface area contributed by atoms with E-state index in [4.69, 9.17) is 10.5 Å². The number of hydrogen-bond donors (Lipinski definition) is 2. The van der Waals surface area contributed by atoms with Crippen molar-refractivity contribution in [2.75, 3.05) is 14.2 Å². The van der Waals surface area contributed by atoms with Gasteiger partial charge in [0.05, 0.1) is 12.7 Å². The topological polar surface area (TPSA) is 75.8 Å². The van der Waals surface area contributed by atoms with Gasteiger partial charge in [0.1, 0.15) is 11.5 Å². The molecule has 0 aromatic heterocycles. The number of carbonyl (C=O) groups excluding carboxylic acids is 1. The number of rotatable bonds is 3. The first kappa shape index (κ1) is 14.7. The lowest BCUT2D eigenvalue weighted by Crippen LogP contribution is -2.41. The summed E-state index contributed by atoms with van der Waals surface area (Å²) >= 11 is 0. The highest BCUT2D eigenvalue weighted by molar-refractivity contribution is 5.97. The zero-order valence-electron chi connectivity index (χ0n) is 12.0. The lowest BCUT2D eigenvalue weighted by molar-refractivity contribution is 0.0686. The fraction of sp³-hybridized carbons (Fsp3) is 0.533. The van der Waals surface area contributed by atoms with Gasteiger partial charge in [0.15, 0.2) is 0 Å². The van der Waals surface area contributed by atoms with Crippen molar-refractivity contribution in [3.05, 3.63) is 23.8 Å². The summed E-state index contributed by atoms with van der Waals surface area (Å²) < 4.78 is 5.10. The molecular weight excluding hydrogens is 256 g/mol. The zero-order chi connectivity index (χ0) is 14.7. The van der Waals surface area contributed by atoms with Gasteiger partial charge in [-0.15, -0.1) is 0 Å². The van der Waals surface area contributed by atoms with Crippen LogP contribution in [0.25, 0.3) is 0 Å². The van der Waals surface area contributed by atoms with Crippen LogP contribution in [0, 0.1) is 0 Å². The van der Waals surface area contributed by atoms with Gasteiger partial charge in [0.2, 0.25) is 0 Å². The molecule has 5 nitrogen and oxygen atoms in total. The maximum absolute atomic E-state index is 12.5. The number of amides is 1. The van der Waals surface area contributed by atoms with Gasteiger partial charge in [-0.25, -0.2) is 0 Å². The number of ether oxygens (including phenoxy) is 1. The van der Waals surface area contributed by atoms with Gasteiger partial charge in [-0.1, -0.05) is 0 Å². The molecule has 1 fully saturated rings. The first-order valence-electron chi connectivity index (χ1n) is 6.92. The number of nitrogens with zero attached hydrogens (tertiary/aromatic N) is 1. The van der Waals surface area contributed by atoms with Crippen molar-refractivity contribution in [1.82, 2.24) is 4.90 Å². The summed E-state index contributed by atoms with van der Waals surface area (Å²) in [5, 5.41) is 9.87. The van der Waals surface area contributed by atoms with E-state index in [0.717, 1.165) is 25.7 Å². The minimum absolute atomic E-state index is 0.0184. The van der Waals surface area contributed by atoms with E-state index >= 15 is 0 Å². The number of carbonyl (C=O) groups is 1. The molecule has 1 aliphatic carbocycles. The third-order valence-corrected chi connectivity index (χ3v) is 4.04. The molecule has 0 heterocycles. The molecule has 1 aromatic carbocycles. The summed E-state index contributed by atoms with van der Waals surface area (Å²) in [5.41, 5.74) is 6.17. The van der Waals surface area contributed by atoms with Crippen molar-refractivity contribution in [2.45, 2.75) is 37.8 Å². The first-order valence-corrected chi connectivity index (χ1v) is 6.92. The standard InChI is InChI=1S/C15H22N2O3/c1-17(11-5-3-10(16)4-6-11)15(19)13-9-12(20-2)7-8-14(13)18/h7-11,18H,3-6,16H2,1-2H3. The zero-order valence-corrected chi connectivity index (χ0v) is 12.0. The van der Waals surface area contributed by atoms with Crippen LogP contribution in [-0.2, 0) is 0 Å². The molecule has 0 unspecified atom stereocenters. The van der Waals surface area contributed by atoms with Crippen LogP contribution in [0.15, 0.2) is 18.2 Å². The Bertz CT molecular complexity index is 482. The van der Waals surface area contributed by atoms with Crippen LogP contribution in [-0.4, -0.2) is 42.2 Å². The fourth-order valence-electron chi connectivity index (χ4n) is 2.66. The predicted octanol–water partition coefficient (Wildman–Crippen LogP) is 1.74. The normalized spacial score (nSPS) is 22.4. The summed E-state index contributed by atoms with van der Waals surface area (Å²) in [5.74, 6) is 0.363. The molecule has 2 rings (SSSR count). The Morgan fingerprint density at radius 3 is 2.60 bits per heavy atom. The Balaban J connectivity index is 2.14. The number of hydrogen-bond acceptors (Lipinski definition) is 4. The van der Waals surface area contributed by atoms with Crippen molar-refractivity contribution in [2.24, 2.45) is 5.73 Å². The molecule has 5 heteroatoms. The Kier molecular flexibility index (Phi) is 4.49. The van der Waals surface area contributed by atoms with Crippen LogP contribution in [0.2, 0.25) is 0 Å². The van der Waals surface area contributed by atoms with Crippen molar-refractivity contribution >= 4 is 5.91 Å². The van der Waals surface area contributed by atoms with Crippen molar-refractivity contribution < 1.29 is 14.6 Å². The van der Waals surface area contributed by atoms with Crippen molar-refractivity contribution in [3.8, 4) is 11.5 Å². The van der Waals surface area contributed by atoms with Gasteiger partial charge in [-0.3, -0.25) is 4.79 Å². The largest absolute Gasteiger partial charge is 0.507 e. The number of aromatic hydroxyl groups is 1. The van der Waals surface area contributed by atoms with Gasteiger partial charge < -0.3 is 20.5 Å². The fourth-order valence-corrected chi connectivity index (χ4v) is 2.66. The number of nitrogens with two attached hydrogens (primary N) is 1. The molecule has 0 aliphatic heterocycles. The van der Waals surface area contributed by atoms with E-state index < -0.39 is 0 Å². The maximum Gasteiger partial charge on any atom is 0.257 e. The molecule has 110 valence electrons. The number of phenols is 1. The highest BCUT2D eigenvalue weighted by atomic mass is 16.5. The second-order valence-electron chi connectivity index (χ2n) is 5.37. The van der Waals surface area contributed by atoms with E-state index in [1.807, 2.05) is 0 Å². The van der Waals surface area contributed by atoms with E-state index in [9.17, 15) is 9.90 Å². The van der Waals surface area contributed by atoms with Crippen LogP contribution in [0.3, 0.4) is 0 Å². The Labute approximate surface area is 119 Å². The van der Waals surface area contributed by atoms with Gasteiger partial charge in [-0.05, 0) is 43.9 Å². The van der Waals surface area contributed by atoms with Gasteiger partial charge in [-0.2, -0.15) is 0 Å². The summed E-state index contributed by atoms with van der Waals surface area (Å²) in [6.45, 7) is 0. The molecule has 1 aliphatic rings. The van der Waals surface area contributed by atoms with E-state index in [-0.39, 0.29) is 29.3 Å². The Morgan fingerprint density at radius 2 is 2.00 bits per heavy atom. The minimum atomic E-state index is -0.179. The molecule has 20 heavy (non-hydrogen) atoms. The van der Waals surface area contributed by atoms with Gasteiger partial charge >= 0.3 is 0 Å². The summed E-state index contributed by atoms with van der Waals surface area (Å²) in [6.07, 6.45) is 3.70. The lowest BCUT2D eigenvalue weighted by Gasteiger charge is -2.33. The molecule has 3 N–H and O–H groups in total. The highest BCUT2D eigenvalue weighted by Gasteiger charge is 2.27. The average molecular weight is 278 g/mol. The molecule has 1 saturated carbocycles. The molecule has 0 atom stereocenters. The second kappa shape index (κ2) is 6.13. The van der Waals surface area contributed by atoms with Gasteiger partial charge in [0, 0.05) is 19.1 Å². The average Bonchev–Trinajstić information content (AvgIpc) is 2.47. The van der Waals surface area contributed by atoms with Crippen LogP contribution < -0.4 is 10.5 Å². The predicted molar refractivity (Wildman–Crippen MR) is 77.0 cm³/mol. The SMILES string of the molecule is COc1ccc(O)c(C(=O)N(C)C2CCC(N)CC2)c1. The lowest BCUT2D eigenvalue weighted by atomic mass is 9.90. The molecule has 0 radical (unpaired) electrons. The van der Waals surface area contributed by atoms with E-state index in [0.29, 0.717) is 5.75 Å². The van der Waals surface area contributed by atoms with Crippen LogP contribution >= 0.6 is 0 Å². The number of methoxy groups -OCH3 is 1. The Morgan fingerprint density at radius 1 is 1.35 bits per heavy atom. The third kappa shape index (κ3) is 3.04. The Hall–Kier alpha value is -1.75. The first-order chi connectivity index (χ1) is 9.52. The summed E-state index contributed by atoms with van der Waals surface area (Å²) in [4.78, 5) is 14.2. The maximum atomic E-state index is 12.5. The number of phenolic OH excluding ortho intramolecular Hbond substituents is 1. The summed E-state index contributed by atoms with van der Waals surface area (Å²) in [7, 11) is 3.32. The van der Waals surface area contributed by atoms with E-state index in [1.165, 1.54) is 13.2 Å². The van der Waals surface area contributed by atoms with Gasteiger partial charge in [0.25, 0.3) is 5.91 Å². The molecule has 0 saturated heterocycles. The molecule has 1 aromatic rings. The quantitative estimate of drug-likeness (QED) is 0.883. The smallest absolute Gasteiger partial charge is 0.257 e. The highest BCUT2D eigenvalue weighted by Crippen LogP contribution is 2.27. The molecule has 0 spiro atoms. The van der Waals surface area contributed by atoms with Crippen LogP contribution in [0.4, 0.5) is 0 Å².